The number of nitrogens with zero attached hydrogens (tertiary/aromatic N) is 2. The normalized spacial score (nSPS) is 19.5. The lowest BCUT2D eigenvalue weighted by molar-refractivity contribution is -0.122. The molecule has 26 heavy (non-hydrogen) atoms. The van der Waals surface area contributed by atoms with E-state index < -0.39 is 0 Å². The number of hydrogen-bond acceptors (Lipinski definition) is 4. The van der Waals surface area contributed by atoms with Crippen LogP contribution in [0.1, 0.15) is 25.7 Å². The molecule has 1 aromatic rings. The van der Waals surface area contributed by atoms with Crippen LogP contribution in [0.2, 0.25) is 0 Å². The zero-order valence-corrected chi connectivity index (χ0v) is 14.7. The van der Waals surface area contributed by atoms with E-state index in [1.807, 2.05) is 6.07 Å². The summed E-state index contributed by atoms with van der Waals surface area (Å²) in [5.41, 5.74) is 0. The topological polar surface area (TPSA) is 103 Å². The summed E-state index contributed by atoms with van der Waals surface area (Å²) in [6, 6.07) is 5.14. The van der Waals surface area contributed by atoms with Gasteiger partial charge < -0.3 is 20.9 Å². The molecule has 1 aromatic heterocycles. The van der Waals surface area contributed by atoms with Crippen molar-refractivity contribution >= 4 is 23.7 Å². The number of hydrogen-bond donors (Lipinski definition) is 3. The van der Waals surface area contributed by atoms with Gasteiger partial charge in [0.25, 0.3) is 0 Å². The van der Waals surface area contributed by atoms with E-state index in [0.717, 1.165) is 25.7 Å². The molecule has 3 N–H and O–H groups in total. The Balaban J connectivity index is 1.39. The Bertz CT molecular complexity index is 647. The van der Waals surface area contributed by atoms with Crippen molar-refractivity contribution in [3.8, 4) is 0 Å². The van der Waals surface area contributed by atoms with Gasteiger partial charge in [-0.2, -0.15) is 0 Å². The fourth-order valence-electron chi connectivity index (χ4n) is 3.00. The first-order chi connectivity index (χ1) is 12.6. The maximum absolute atomic E-state index is 12.4. The molecule has 8 heteroatoms. The monoisotopic (exact) mass is 359 g/mol. The van der Waals surface area contributed by atoms with Gasteiger partial charge in [0, 0.05) is 38.3 Å². The molecule has 8 nitrogen and oxygen atoms in total. The Morgan fingerprint density at radius 2 is 1.85 bits per heavy atom. The van der Waals surface area contributed by atoms with E-state index in [0.29, 0.717) is 32.0 Å². The Morgan fingerprint density at radius 1 is 1.04 bits per heavy atom. The Kier molecular flexibility index (Phi) is 6.04. The van der Waals surface area contributed by atoms with E-state index in [1.54, 1.807) is 23.2 Å². The molecule has 3 rings (SSSR count). The van der Waals surface area contributed by atoms with Crippen molar-refractivity contribution in [3.63, 3.8) is 0 Å². The van der Waals surface area contributed by atoms with Gasteiger partial charge in [0.1, 0.15) is 5.82 Å². The number of piperidine rings is 1. The summed E-state index contributed by atoms with van der Waals surface area (Å²) >= 11 is 0. The van der Waals surface area contributed by atoms with Gasteiger partial charge in [0.05, 0.1) is 5.92 Å². The first-order valence-electron chi connectivity index (χ1n) is 9.16. The fraction of sp³-hybridized carbons (Fsp3) is 0.556. The van der Waals surface area contributed by atoms with Crippen LogP contribution in [0.25, 0.3) is 0 Å². The quantitative estimate of drug-likeness (QED) is 0.658. The SMILES string of the molecule is O=C(NCCNC(=O)N1CCCC(C(=O)Nc2ccccn2)C1)C1CC1. The van der Waals surface area contributed by atoms with Gasteiger partial charge >= 0.3 is 6.03 Å². The second kappa shape index (κ2) is 8.64. The van der Waals surface area contributed by atoms with Crippen molar-refractivity contribution in [2.45, 2.75) is 25.7 Å². The van der Waals surface area contributed by atoms with Gasteiger partial charge in [-0.25, -0.2) is 9.78 Å². The summed E-state index contributed by atoms with van der Waals surface area (Å²) in [7, 11) is 0. The zero-order chi connectivity index (χ0) is 18.4. The summed E-state index contributed by atoms with van der Waals surface area (Å²) in [4.78, 5) is 41.9. The predicted molar refractivity (Wildman–Crippen MR) is 96.3 cm³/mol. The van der Waals surface area contributed by atoms with Crippen molar-refractivity contribution in [3.05, 3.63) is 24.4 Å². The molecule has 0 aromatic carbocycles. The number of carbonyl (C=O) groups excluding carboxylic acids is 3. The first-order valence-corrected chi connectivity index (χ1v) is 9.16. The number of rotatable bonds is 6. The van der Waals surface area contributed by atoms with Crippen LogP contribution in [0.3, 0.4) is 0 Å². The van der Waals surface area contributed by atoms with Crippen molar-refractivity contribution < 1.29 is 14.4 Å². The molecular formula is C18H25N5O3. The Hall–Kier alpha value is -2.64. The molecule has 140 valence electrons. The highest BCUT2D eigenvalue weighted by Gasteiger charge is 2.30. The molecule has 2 heterocycles. The number of anilines is 1. The van der Waals surface area contributed by atoms with Crippen molar-refractivity contribution in [2.75, 3.05) is 31.5 Å². The molecule has 0 bridgehead atoms. The summed E-state index contributed by atoms with van der Waals surface area (Å²) in [5, 5.41) is 8.41. The lowest BCUT2D eigenvalue weighted by Gasteiger charge is -2.32. The van der Waals surface area contributed by atoms with E-state index in [1.165, 1.54) is 0 Å². The maximum atomic E-state index is 12.4. The molecule has 1 aliphatic heterocycles. The van der Waals surface area contributed by atoms with Crippen LogP contribution < -0.4 is 16.0 Å². The van der Waals surface area contributed by atoms with E-state index in [-0.39, 0.29) is 29.7 Å². The van der Waals surface area contributed by atoms with E-state index in [4.69, 9.17) is 0 Å². The van der Waals surface area contributed by atoms with Crippen LogP contribution in [0.15, 0.2) is 24.4 Å². The molecule has 2 fully saturated rings. The van der Waals surface area contributed by atoms with Gasteiger partial charge in [0.2, 0.25) is 11.8 Å². The van der Waals surface area contributed by atoms with Crippen molar-refractivity contribution in [2.24, 2.45) is 11.8 Å². The third kappa shape index (κ3) is 5.18. The predicted octanol–water partition coefficient (Wildman–Crippen LogP) is 0.968. The molecule has 1 saturated heterocycles. The average molecular weight is 359 g/mol. The fourth-order valence-corrected chi connectivity index (χ4v) is 3.00. The van der Waals surface area contributed by atoms with E-state index in [9.17, 15) is 14.4 Å². The number of nitrogens with one attached hydrogen (secondary N) is 3. The molecule has 1 unspecified atom stereocenters. The molecular weight excluding hydrogens is 334 g/mol. The van der Waals surface area contributed by atoms with Crippen LogP contribution >= 0.6 is 0 Å². The van der Waals surface area contributed by atoms with Gasteiger partial charge in [-0.1, -0.05) is 6.07 Å². The standard InChI is InChI=1S/C18H25N5O3/c24-16(13-6-7-13)20-9-10-21-18(26)23-11-3-4-14(12-23)17(25)22-15-5-1-2-8-19-15/h1-2,5,8,13-14H,3-4,6-7,9-12H2,(H,20,24)(H,21,26)(H,19,22,25). The van der Waals surface area contributed by atoms with E-state index >= 15 is 0 Å². The highest BCUT2D eigenvalue weighted by molar-refractivity contribution is 5.92. The minimum absolute atomic E-state index is 0.0727. The molecule has 0 radical (unpaired) electrons. The highest BCUT2D eigenvalue weighted by atomic mass is 16.2. The molecule has 1 atom stereocenters. The number of carbonyl (C=O) groups is 3. The highest BCUT2D eigenvalue weighted by Crippen LogP contribution is 2.28. The first kappa shape index (κ1) is 18.2. The number of aromatic nitrogens is 1. The third-order valence-corrected chi connectivity index (χ3v) is 4.64. The summed E-state index contributed by atoms with van der Waals surface area (Å²) in [5.74, 6) is 0.407. The lowest BCUT2D eigenvalue weighted by atomic mass is 9.97. The Morgan fingerprint density at radius 3 is 2.58 bits per heavy atom. The van der Waals surface area contributed by atoms with Crippen LogP contribution in [0.4, 0.5) is 10.6 Å². The van der Waals surface area contributed by atoms with Crippen LogP contribution in [0, 0.1) is 11.8 Å². The van der Waals surface area contributed by atoms with Crippen LogP contribution in [0.5, 0.6) is 0 Å². The summed E-state index contributed by atoms with van der Waals surface area (Å²) in [6.45, 7) is 1.84. The zero-order valence-electron chi connectivity index (χ0n) is 14.7. The molecule has 1 saturated carbocycles. The van der Waals surface area contributed by atoms with Gasteiger partial charge in [0.15, 0.2) is 0 Å². The largest absolute Gasteiger partial charge is 0.354 e. The van der Waals surface area contributed by atoms with Gasteiger partial charge in [-0.15, -0.1) is 0 Å². The average Bonchev–Trinajstić information content (AvgIpc) is 3.51. The molecule has 0 spiro atoms. The van der Waals surface area contributed by atoms with Gasteiger partial charge in [-0.05, 0) is 37.8 Å². The second-order valence-corrected chi connectivity index (χ2v) is 6.79. The molecule has 2 aliphatic rings. The minimum atomic E-state index is -0.244. The molecule has 1 aliphatic carbocycles. The van der Waals surface area contributed by atoms with Gasteiger partial charge in [-0.3, -0.25) is 9.59 Å². The summed E-state index contributed by atoms with van der Waals surface area (Å²) < 4.78 is 0. The molecule has 4 amide bonds. The number of likely N-dealkylation sites (tertiary alicyclic amines) is 1. The second-order valence-electron chi connectivity index (χ2n) is 6.79. The smallest absolute Gasteiger partial charge is 0.317 e. The number of pyridine rings is 1. The maximum Gasteiger partial charge on any atom is 0.317 e. The third-order valence-electron chi connectivity index (χ3n) is 4.64. The number of urea groups is 1. The van der Waals surface area contributed by atoms with Crippen molar-refractivity contribution in [1.29, 1.82) is 0 Å². The number of amides is 4. The van der Waals surface area contributed by atoms with Crippen LogP contribution in [-0.2, 0) is 9.59 Å². The van der Waals surface area contributed by atoms with Crippen LogP contribution in [-0.4, -0.2) is 53.9 Å². The van der Waals surface area contributed by atoms with Crippen molar-refractivity contribution in [1.82, 2.24) is 20.5 Å². The lowest BCUT2D eigenvalue weighted by Crippen LogP contribution is -2.49. The minimum Gasteiger partial charge on any atom is -0.354 e. The summed E-state index contributed by atoms with van der Waals surface area (Å²) in [6.07, 6.45) is 5.09. The van der Waals surface area contributed by atoms with E-state index in [2.05, 4.69) is 20.9 Å². The Labute approximate surface area is 152 Å².